The zero-order valence-corrected chi connectivity index (χ0v) is 17.9. The number of ether oxygens (including phenoxy) is 2. The number of hydrogen-bond acceptors (Lipinski definition) is 5. The third kappa shape index (κ3) is 5.31. The fourth-order valence-electron chi connectivity index (χ4n) is 3.42. The highest BCUT2D eigenvalue weighted by molar-refractivity contribution is 6.00. The lowest BCUT2D eigenvalue weighted by atomic mass is 10.0. The van der Waals surface area contributed by atoms with Gasteiger partial charge in [0.2, 0.25) is 5.91 Å². The van der Waals surface area contributed by atoms with Crippen molar-refractivity contribution in [2.45, 2.75) is 19.5 Å². The second-order valence-corrected chi connectivity index (χ2v) is 7.09. The van der Waals surface area contributed by atoms with Crippen LogP contribution >= 0.6 is 0 Å². The number of benzene rings is 3. The molecule has 1 atom stereocenters. The zero-order valence-electron chi connectivity index (χ0n) is 17.9. The summed E-state index contributed by atoms with van der Waals surface area (Å²) in [7, 11) is 1.55. The van der Waals surface area contributed by atoms with E-state index in [-0.39, 0.29) is 17.9 Å². The minimum atomic E-state index is -1.04. The van der Waals surface area contributed by atoms with Gasteiger partial charge in [0.25, 0.3) is 5.91 Å². The SMILES string of the molecule is COc1cccc(CN(C(=O)c2ccccc2OC(C)=O)[C@@H](C(N)=O)c2ccccc2)c1. The first kappa shape index (κ1) is 22.6. The molecule has 0 aliphatic rings. The van der Waals surface area contributed by atoms with Crippen LogP contribution < -0.4 is 15.2 Å². The van der Waals surface area contributed by atoms with E-state index < -0.39 is 23.8 Å². The van der Waals surface area contributed by atoms with Crippen LogP contribution in [-0.2, 0) is 16.1 Å². The number of amides is 2. The highest BCUT2D eigenvalue weighted by Crippen LogP contribution is 2.29. The fraction of sp³-hybridized carbons (Fsp3) is 0.160. The third-order valence-electron chi connectivity index (χ3n) is 4.82. The van der Waals surface area contributed by atoms with Crippen molar-refractivity contribution < 1.29 is 23.9 Å². The topological polar surface area (TPSA) is 98.9 Å². The largest absolute Gasteiger partial charge is 0.497 e. The number of primary amides is 1. The summed E-state index contributed by atoms with van der Waals surface area (Å²) in [5.41, 5.74) is 7.23. The molecule has 3 aromatic carbocycles. The molecule has 3 aromatic rings. The minimum absolute atomic E-state index is 0.0763. The molecule has 0 bridgehead atoms. The number of rotatable bonds is 8. The Morgan fingerprint density at radius 1 is 0.938 bits per heavy atom. The highest BCUT2D eigenvalue weighted by atomic mass is 16.5. The Bertz CT molecular complexity index is 1110. The average Bonchev–Trinajstić information content (AvgIpc) is 2.79. The summed E-state index contributed by atoms with van der Waals surface area (Å²) in [6, 6.07) is 21.4. The second-order valence-electron chi connectivity index (χ2n) is 7.09. The number of carbonyl (C=O) groups excluding carboxylic acids is 3. The summed E-state index contributed by atoms with van der Waals surface area (Å²) >= 11 is 0. The quantitative estimate of drug-likeness (QED) is 0.434. The third-order valence-corrected chi connectivity index (χ3v) is 4.82. The standard InChI is InChI=1S/C25H24N2O5/c1-17(28)32-22-14-7-6-13-21(22)25(30)27(16-18-9-8-12-20(15-18)31-2)23(24(26)29)19-10-4-3-5-11-19/h3-15,23H,16H2,1-2H3,(H2,26,29)/t23-/m1/s1. The van der Waals surface area contributed by atoms with Gasteiger partial charge in [0.15, 0.2) is 0 Å². The number of nitrogens with zero attached hydrogens (tertiary/aromatic N) is 1. The molecule has 0 radical (unpaired) electrons. The van der Waals surface area contributed by atoms with E-state index in [1.165, 1.54) is 17.9 Å². The predicted molar refractivity (Wildman–Crippen MR) is 119 cm³/mol. The lowest BCUT2D eigenvalue weighted by Gasteiger charge is -2.31. The zero-order chi connectivity index (χ0) is 23.1. The predicted octanol–water partition coefficient (Wildman–Crippen LogP) is 3.49. The highest BCUT2D eigenvalue weighted by Gasteiger charge is 2.32. The summed E-state index contributed by atoms with van der Waals surface area (Å²) in [4.78, 5) is 39.2. The molecule has 0 aliphatic heterocycles. The van der Waals surface area contributed by atoms with Crippen LogP contribution in [0, 0.1) is 0 Å². The second kappa shape index (κ2) is 10.3. The Balaban J connectivity index is 2.10. The monoisotopic (exact) mass is 432 g/mol. The van der Waals surface area contributed by atoms with E-state index in [0.717, 1.165) is 5.56 Å². The first-order chi connectivity index (χ1) is 15.4. The van der Waals surface area contributed by atoms with Crippen LogP contribution in [0.1, 0.15) is 34.5 Å². The van der Waals surface area contributed by atoms with Gasteiger partial charge in [-0.25, -0.2) is 0 Å². The molecule has 0 spiro atoms. The lowest BCUT2D eigenvalue weighted by molar-refractivity contribution is -0.132. The van der Waals surface area contributed by atoms with E-state index >= 15 is 0 Å². The molecule has 0 aromatic heterocycles. The molecular weight excluding hydrogens is 408 g/mol. The molecule has 0 fully saturated rings. The summed E-state index contributed by atoms with van der Waals surface area (Å²) in [5, 5.41) is 0. The molecule has 0 saturated carbocycles. The van der Waals surface area contributed by atoms with Gasteiger partial charge in [-0.1, -0.05) is 54.6 Å². The van der Waals surface area contributed by atoms with E-state index in [1.54, 1.807) is 67.8 Å². The maximum atomic E-state index is 13.7. The molecule has 0 aliphatic carbocycles. The van der Waals surface area contributed by atoms with Crippen molar-refractivity contribution >= 4 is 17.8 Å². The molecule has 164 valence electrons. The smallest absolute Gasteiger partial charge is 0.308 e. The van der Waals surface area contributed by atoms with Crippen molar-refractivity contribution in [1.29, 1.82) is 0 Å². The number of carbonyl (C=O) groups is 3. The Labute approximate surface area is 186 Å². The first-order valence-electron chi connectivity index (χ1n) is 9.96. The van der Waals surface area contributed by atoms with Crippen molar-refractivity contribution in [1.82, 2.24) is 4.90 Å². The summed E-state index contributed by atoms with van der Waals surface area (Å²) in [6.07, 6.45) is 0. The number of para-hydroxylation sites is 1. The van der Waals surface area contributed by atoms with Crippen LogP contribution in [0.5, 0.6) is 11.5 Å². The van der Waals surface area contributed by atoms with E-state index in [4.69, 9.17) is 15.2 Å². The van der Waals surface area contributed by atoms with Gasteiger partial charge >= 0.3 is 5.97 Å². The molecule has 2 amide bonds. The molecule has 2 N–H and O–H groups in total. The van der Waals surface area contributed by atoms with Gasteiger partial charge in [0.1, 0.15) is 17.5 Å². The summed E-state index contributed by atoms with van der Waals surface area (Å²) < 4.78 is 10.5. The molecule has 32 heavy (non-hydrogen) atoms. The lowest BCUT2D eigenvalue weighted by Crippen LogP contribution is -2.41. The number of hydrogen-bond donors (Lipinski definition) is 1. The van der Waals surface area contributed by atoms with Gasteiger partial charge in [-0.2, -0.15) is 0 Å². The van der Waals surface area contributed by atoms with Crippen molar-refractivity contribution in [2.24, 2.45) is 5.73 Å². The molecule has 0 saturated heterocycles. The molecule has 3 rings (SSSR count). The van der Waals surface area contributed by atoms with Gasteiger partial charge in [-0.3, -0.25) is 14.4 Å². The minimum Gasteiger partial charge on any atom is -0.497 e. The van der Waals surface area contributed by atoms with Crippen LogP contribution in [0.15, 0.2) is 78.9 Å². The van der Waals surface area contributed by atoms with E-state index in [9.17, 15) is 14.4 Å². The van der Waals surface area contributed by atoms with E-state index in [0.29, 0.717) is 11.3 Å². The molecule has 0 unspecified atom stereocenters. The fourth-order valence-corrected chi connectivity index (χ4v) is 3.42. The Morgan fingerprint density at radius 2 is 1.62 bits per heavy atom. The maximum absolute atomic E-state index is 13.7. The van der Waals surface area contributed by atoms with Gasteiger partial charge in [-0.15, -0.1) is 0 Å². The van der Waals surface area contributed by atoms with Crippen LogP contribution in [0.25, 0.3) is 0 Å². The Hall–Kier alpha value is -4.13. The number of esters is 1. The van der Waals surface area contributed by atoms with Crippen molar-refractivity contribution in [3.63, 3.8) is 0 Å². The summed E-state index contributed by atoms with van der Waals surface area (Å²) in [5.74, 6) is -1.02. The van der Waals surface area contributed by atoms with Gasteiger partial charge in [0.05, 0.1) is 12.7 Å². The van der Waals surface area contributed by atoms with E-state index in [1.807, 2.05) is 12.1 Å². The average molecular weight is 432 g/mol. The normalized spacial score (nSPS) is 11.3. The molecule has 7 heteroatoms. The maximum Gasteiger partial charge on any atom is 0.308 e. The van der Waals surface area contributed by atoms with Gasteiger partial charge in [-0.05, 0) is 35.4 Å². The van der Waals surface area contributed by atoms with Crippen molar-refractivity contribution in [3.05, 3.63) is 95.6 Å². The van der Waals surface area contributed by atoms with Crippen LogP contribution in [0.3, 0.4) is 0 Å². The van der Waals surface area contributed by atoms with Crippen LogP contribution in [0.4, 0.5) is 0 Å². The molecule has 0 heterocycles. The van der Waals surface area contributed by atoms with Gasteiger partial charge < -0.3 is 20.1 Å². The Morgan fingerprint density at radius 3 is 2.28 bits per heavy atom. The van der Waals surface area contributed by atoms with E-state index in [2.05, 4.69) is 0 Å². The number of methoxy groups -OCH3 is 1. The summed E-state index contributed by atoms with van der Waals surface area (Å²) in [6.45, 7) is 1.33. The van der Waals surface area contributed by atoms with Crippen molar-refractivity contribution in [3.8, 4) is 11.5 Å². The van der Waals surface area contributed by atoms with Crippen LogP contribution in [-0.4, -0.2) is 29.8 Å². The van der Waals surface area contributed by atoms with Crippen molar-refractivity contribution in [2.75, 3.05) is 7.11 Å². The Kier molecular flexibility index (Phi) is 7.23. The van der Waals surface area contributed by atoms with Gasteiger partial charge in [0, 0.05) is 13.5 Å². The molecule has 7 nitrogen and oxygen atoms in total. The van der Waals surface area contributed by atoms with Crippen LogP contribution in [0.2, 0.25) is 0 Å². The molecular formula is C25H24N2O5. The number of nitrogens with two attached hydrogens (primary N) is 1. The first-order valence-corrected chi connectivity index (χ1v) is 9.96.